The fourth-order valence-corrected chi connectivity index (χ4v) is 2.45. The molecule has 0 aliphatic carbocycles. The van der Waals surface area contributed by atoms with Gasteiger partial charge in [0.05, 0.1) is 11.9 Å². The van der Waals surface area contributed by atoms with E-state index in [2.05, 4.69) is 0 Å². The van der Waals surface area contributed by atoms with Crippen LogP contribution in [0.25, 0.3) is 0 Å². The molecule has 0 N–H and O–H groups in total. The summed E-state index contributed by atoms with van der Waals surface area (Å²) in [5, 5.41) is 0.675. The van der Waals surface area contributed by atoms with Gasteiger partial charge in [-0.3, -0.25) is 4.79 Å². The minimum absolute atomic E-state index is 0.136. The highest BCUT2D eigenvalue weighted by Gasteiger charge is 2.19. The summed E-state index contributed by atoms with van der Waals surface area (Å²) in [4.78, 5) is 11.0. The minimum atomic E-state index is 0.136. The largest absolute Gasteiger partial charge is 0.380 e. The second kappa shape index (κ2) is 4.87. The summed E-state index contributed by atoms with van der Waals surface area (Å²) in [7, 11) is 0. The van der Waals surface area contributed by atoms with E-state index < -0.39 is 0 Å². The van der Waals surface area contributed by atoms with Gasteiger partial charge in [0.2, 0.25) is 0 Å². The molecule has 0 amide bonds. The third kappa shape index (κ3) is 3.15. The fraction of sp³-hybridized carbons (Fsp3) is 0.889. The molecule has 2 atom stereocenters. The zero-order chi connectivity index (χ0) is 8.97. The monoisotopic (exact) mass is 188 g/mol. The highest BCUT2D eigenvalue weighted by molar-refractivity contribution is 8.01. The standard InChI is InChI=1S/C9H16O2S/c1-7(10)8(2)12-9-4-3-5-11-6-9/h8-9H,3-6H2,1-2H3. The van der Waals surface area contributed by atoms with E-state index in [9.17, 15) is 4.79 Å². The summed E-state index contributed by atoms with van der Waals surface area (Å²) >= 11 is 1.75. The third-order valence-electron chi connectivity index (χ3n) is 2.09. The summed E-state index contributed by atoms with van der Waals surface area (Å²) < 4.78 is 5.33. The molecule has 1 fully saturated rings. The molecule has 0 spiro atoms. The zero-order valence-corrected chi connectivity index (χ0v) is 8.52. The predicted molar refractivity (Wildman–Crippen MR) is 51.6 cm³/mol. The summed E-state index contributed by atoms with van der Waals surface area (Å²) in [6.07, 6.45) is 2.34. The molecule has 70 valence electrons. The number of rotatable bonds is 3. The fourth-order valence-electron chi connectivity index (χ4n) is 1.20. The second-order valence-corrected chi connectivity index (χ2v) is 4.87. The van der Waals surface area contributed by atoms with Gasteiger partial charge in [0.25, 0.3) is 0 Å². The summed E-state index contributed by atoms with van der Waals surface area (Å²) in [5.74, 6) is 0.269. The van der Waals surface area contributed by atoms with Crippen molar-refractivity contribution in [3.8, 4) is 0 Å². The Balaban J connectivity index is 2.24. The Kier molecular flexibility index (Phi) is 4.09. The van der Waals surface area contributed by atoms with Crippen LogP contribution in [0, 0.1) is 0 Å². The molecule has 0 aromatic carbocycles. The number of hydrogen-bond donors (Lipinski definition) is 0. The lowest BCUT2D eigenvalue weighted by atomic mass is 10.2. The molecule has 2 unspecified atom stereocenters. The van der Waals surface area contributed by atoms with E-state index in [0.29, 0.717) is 5.25 Å². The van der Waals surface area contributed by atoms with Gasteiger partial charge in [-0.25, -0.2) is 0 Å². The SMILES string of the molecule is CC(=O)C(C)SC1CCCOC1. The van der Waals surface area contributed by atoms with Crippen molar-refractivity contribution in [1.82, 2.24) is 0 Å². The molecule has 0 radical (unpaired) electrons. The molecule has 1 heterocycles. The molecule has 1 aliphatic heterocycles. The average molecular weight is 188 g/mol. The Morgan fingerprint density at radius 2 is 2.42 bits per heavy atom. The summed E-state index contributed by atoms with van der Waals surface area (Å²) in [6.45, 7) is 5.34. The quantitative estimate of drug-likeness (QED) is 0.676. The highest BCUT2D eigenvalue weighted by Crippen LogP contribution is 2.25. The molecular weight excluding hydrogens is 172 g/mol. The van der Waals surface area contributed by atoms with E-state index in [4.69, 9.17) is 4.74 Å². The number of ketones is 1. The summed E-state index contributed by atoms with van der Waals surface area (Å²) in [5.41, 5.74) is 0. The van der Waals surface area contributed by atoms with E-state index in [1.165, 1.54) is 6.42 Å². The Hall–Kier alpha value is -0.0200. The van der Waals surface area contributed by atoms with Crippen LogP contribution in [0.1, 0.15) is 26.7 Å². The van der Waals surface area contributed by atoms with Crippen LogP contribution in [0.15, 0.2) is 0 Å². The van der Waals surface area contributed by atoms with E-state index in [-0.39, 0.29) is 11.0 Å². The van der Waals surface area contributed by atoms with Crippen LogP contribution in [-0.4, -0.2) is 29.5 Å². The Morgan fingerprint density at radius 3 is 2.92 bits per heavy atom. The number of thioether (sulfide) groups is 1. The zero-order valence-electron chi connectivity index (χ0n) is 7.71. The van der Waals surface area contributed by atoms with Crippen LogP contribution in [-0.2, 0) is 9.53 Å². The van der Waals surface area contributed by atoms with E-state index in [0.717, 1.165) is 19.6 Å². The maximum Gasteiger partial charge on any atom is 0.142 e. The molecule has 0 saturated carbocycles. The number of Topliss-reactive ketones (excluding diaryl/α,β-unsaturated/α-hetero) is 1. The normalized spacial score (nSPS) is 26.7. The van der Waals surface area contributed by atoms with Gasteiger partial charge >= 0.3 is 0 Å². The summed E-state index contributed by atoms with van der Waals surface area (Å²) in [6, 6.07) is 0. The van der Waals surface area contributed by atoms with Gasteiger partial charge in [-0.15, -0.1) is 11.8 Å². The topological polar surface area (TPSA) is 26.3 Å². The van der Waals surface area contributed by atoms with Gasteiger partial charge in [-0.2, -0.15) is 0 Å². The second-order valence-electron chi connectivity index (χ2n) is 3.23. The third-order valence-corrected chi connectivity index (χ3v) is 3.58. The lowest BCUT2D eigenvalue weighted by Crippen LogP contribution is -2.23. The first-order valence-corrected chi connectivity index (χ1v) is 5.38. The van der Waals surface area contributed by atoms with Crippen molar-refractivity contribution in [3.05, 3.63) is 0 Å². The number of hydrogen-bond acceptors (Lipinski definition) is 3. The molecule has 12 heavy (non-hydrogen) atoms. The molecule has 0 aromatic heterocycles. The van der Waals surface area contributed by atoms with Crippen LogP contribution in [0.5, 0.6) is 0 Å². The molecule has 1 aliphatic rings. The van der Waals surface area contributed by atoms with Crippen molar-refractivity contribution in [1.29, 1.82) is 0 Å². The Labute approximate surface area is 78.1 Å². The molecule has 1 rings (SSSR count). The van der Waals surface area contributed by atoms with Gasteiger partial charge in [0.15, 0.2) is 0 Å². The first kappa shape index (κ1) is 10.1. The van der Waals surface area contributed by atoms with E-state index in [1.807, 2.05) is 6.92 Å². The van der Waals surface area contributed by atoms with Crippen molar-refractivity contribution >= 4 is 17.5 Å². The average Bonchev–Trinajstić information content (AvgIpc) is 2.06. The van der Waals surface area contributed by atoms with Crippen LogP contribution in [0.2, 0.25) is 0 Å². The Bertz CT molecular complexity index is 153. The van der Waals surface area contributed by atoms with Crippen molar-refractivity contribution in [2.45, 2.75) is 37.2 Å². The van der Waals surface area contributed by atoms with Crippen molar-refractivity contribution < 1.29 is 9.53 Å². The van der Waals surface area contributed by atoms with Gasteiger partial charge in [-0.1, -0.05) is 0 Å². The molecule has 2 nitrogen and oxygen atoms in total. The maximum absolute atomic E-state index is 11.0. The van der Waals surface area contributed by atoms with Crippen LogP contribution >= 0.6 is 11.8 Å². The molecule has 1 saturated heterocycles. The van der Waals surface area contributed by atoms with Gasteiger partial charge < -0.3 is 4.74 Å². The predicted octanol–water partition coefficient (Wildman–Crippen LogP) is 1.88. The lowest BCUT2D eigenvalue weighted by molar-refractivity contribution is -0.116. The van der Waals surface area contributed by atoms with E-state index >= 15 is 0 Å². The van der Waals surface area contributed by atoms with Gasteiger partial charge in [0.1, 0.15) is 5.78 Å². The molecule has 3 heteroatoms. The van der Waals surface area contributed by atoms with Crippen molar-refractivity contribution in [2.24, 2.45) is 0 Å². The molecular formula is C9H16O2S. The number of ether oxygens (including phenoxy) is 1. The first-order chi connectivity index (χ1) is 5.70. The first-order valence-electron chi connectivity index (χ1n) is 4.44. The van der Waals surface area contributed by atoms with Gasteiger partial charge in [-0.05, 0) is 26.7 Å². The smallest absolute Gasteiger partial charge is 0.142 e. The van der Waals surface area contributed by atoms with Crippen molar-refractivity contribution in [3.63, 3.8) is 0 Å². The molecule has 0 bridgehead atoms. The lowest BCUT2D eigenvalue weighted by Gasteiger charge is -2.23. The van der Waals surface area contributed by atoms with Crippen LogP contribution in [0.3, 0.4) is 0 Å². The number of carbonyl (C=O) groups excluding carboxylic acids is 1. The van der Waals surface area contributed by atoms with Gasteiger partial charge in [0, 0.05) is 11.9 Å². The van der Waals surface area contributed by atoms with Crippen LogP contribution in [0.4, 0.5) is 0 Å². The highest BCUT2D eigenvalue weighted by atomic mass is 32.2. The number of carbonyl (C=O) groups is 1. The maximum atomic E-state index is 11.0. The van der Waals surface area contributed by atoms with Crippen molar-refractivity contribution in [2.75, 3.05) is 13.2 Å². The minimum Gasteiger partial charge on any atom is -0.380 e. The Morgan fingerprint density at radius 1 is 1.67 bits per heavy atom. The molecule has 0 aromatic rings. The van der Waals surface area contributed by atoms with Crippen LogP contribution < -0.4 is 0 Å². The van der Waals surface area contributed by atoms with E-state index in [1.54, 1.807) is 18.7 Å².